The number of carbonyl (C=O) groups is 3. The van der Waals surface area contributed by atoms with Gasteiger partial charge in [0.25, 0.3) is 11.7 Å². The maximum Gasteiger partial charge on any atom is 0.310 e. The summed E-state index contributed by atoms with van der Waals surface area (Å²) in [5.74, 6) is -2.11. The highest BCUT2D eigenvalue weighted by Gasteiger charge is 2.20. The Bertz CT molecular complexity index is 1010. The average Bonchev–Trinajstić information content (AvgIpc) is 3.09. The minimum absolute atomic E-state index is 0.0445. The first-order chi connectivity index (χ1) is 12.8. The van der Waals surface area contributed by atoms with E-state index in [-0.39, 0.29) is 11.0 Å². The third-order valence-corrected chi connectivity index (χ3v) is 4.34. The number of hydrogen-bond acceptors (Lipinski definition) is 3. The third-order valence-electron chi connectivity index (χ3n) is 4.34. The molecule has 0 unspecified atom stereocenters. The molecule has 138 valence electrons. The highest BCUT2D eigenvalue weighted by atomic mass is 16.2. The van der Waals surface area contributed by atoms with Gasteiger partial charge in [-0.25, -0.2) is 0 Å². The summed E-state index contributed by atoms with van der Waals surface area (Å²) in [4.78, 5) is 39.6. The Hall–Kier alpha value is -3.41. The van der Waals surface area contributed by atoms with Gasteiger partial charge in [0.15, 0.2) is 0 Å². The van der Waals surface area contributed by atoms with Crippen molar-refractivity contribution in [2.45, 2.75) is 26.2 Å². The van der Waals surface area contributed by atoms with Crippen LogP contribution < -0.4 is 10.9 Å². The van der Waals surface area contributed by atoms with Crippen LogP contribution in [0.15, 0.2) is 54.7 Å². The van der Waals surface area contributed by atoms with E-state index < -0.39 is 17.6 Å². The molecule has 0 radical (unpaired) electrons. The van der Waals surface area contributed by atoms with Crippen LogP contribution in [0.1, 0.15) is 47.1 Å². The lowest BCUT2D eigenvalue weighted by Gasteiger charge is -2.18. The molecule has 3 rings (SSSR count). The fourth-order valence-corrected chi connectivity index (χ4v) is 2.75. The summed E-state index contributed by atoms with van der Waals surface area (Å²) in [6, 6.07) is 14.2. The fourth-order valence-electron chi connectivity index (χ4n) is 2.75. The molecule has 3 N–H and O–H groups in total. The molecule has 27 heavy (non-hydrogen) atoms. The number of benzene rings is 2. The predicted molar refractivity (Wildman–Crippen MR) is 103 cm³/mol. The Morgan fingerprint density at radius 3 is 2.22 bits per heavy atom. The molecule has 2 aromatic carbocycles. The van der Waals surface area contributed by atoms with E-state index in [1.165, 1.54) is 0 Å². The van der Waals surface area contributed by atoms with Crippen LogP contribution in [0.4, 0.5) is 0 Å². The zero-order chi connectivity index (χ0) is 19.6. The van der Waals surface area contributed by atoms with E-state index in [0.29, 0.717) is 5.56 Å². The van der Waals surface area contributed by atoms with Gasteiger partial charge < -0.3 is 4.98 Å². The molecule has 0 fully saturated rings. The number of hydrogen-bond donors (Lipinski definition) is 3. The maximum atomic E-state index is 12.3. The number of nitrogens with one attached hydrogen (secondary N) is 3. The largest absolute Gasteiger partial charge is 0.360 e. The Labute approximate surface area is 156 Å². The van der Waals surface area contributed by atoms with Crippen LogP contribution in [0.25, 0.3) is 10.9 Å². The first-order valence-corrected chi connectivity index (χ1v) is 8.59. The molecule has 0 aliphatic carbocycles. The molecule has 1 heterocycles. The number of hydrazine groups is 1. The van der Waals surface area contributed by atoms with Gasteiger partial charge in [-0.05, 0) is 17.0 Å². The molecular weight excluding hydrogens is 342 g/mol. The normalized spacial score (nSPS) is 11.2. The number of Topliss-reactive ketones (excluding diaryl/α,β-unsaturated/α-hetero) is 1. The van der Waals surface area contributed by atoms with Crippen molar-refractivity contribution in [3.05, 3.63) is 71.4 Å². The van der Waals surface area contributed by atoms with Crippen molar-refractivity contribution in [2.75, 3.05) is 0 Å². The molecule has 0 saturated carbocycles. The second-order valence-corrected chi connectivity index (χ2v) is 7.31. The number of aromatic nitrogens is 1. The standard InChI is InChI=1S/C21H21N3O3/c1-21(2,3)14-10-8-13(9-11-14)18(25)20(27)24-23-19(26)16-12-22-17-7-5-4-6-15(16)17/h4-12,22H,1-3H3,(H,23,26)(H,24,27). The van der Waals surface area contributed by atoms with Crippen molar-refractivity contribution in [1.29, 1.82) is 0 Å². The second kappa shape index (κ2) is 7.07. The quantitative estimate of drug-likeness (QED) is 0.379. The number of amides is 2. The molecule has 0 aliphatic rings. The Morgan fingerprint density at radius 2 is 1.56 bits per heavy atom. The summed E-state index contributed by atoms with van der Waals surface area (Å²) < 4.78 is 0. The van der Waals surface area contributed by atoms with Crippen molar-refractivity contribution >= 4 is 28.5 Å². The lowest BCUT2D eigenvalue weighted by Crippen LogP contribution is -2.44. The SMILES string of the molecule is CC(C)(C)c1ccc(C(=O)C(=O)NNC(=O)c2c[nH]c3ccccc23)cc1. The predicted octanol–water partition coefficient (Wildman–Crippen LogP) is 3.11. The minimum atomic E-state index is -0.897. The first-order valence-electron chi connectivity index (χ1n) is 8.59. The van der Waals surface area contributed by atoms with Crippen LogP contribution in [0.5, 0.6) is 0 Å². The van der Waals surface area contributed by atoms with Crippen LogP contribution in [0.3, 0.4) is 0 Å². The van der Waals surface area contributed by atoms with Crippen LogP contribution in [-0.2, 0) is 10.2 Å². The average molecular weight is 363 g/mol. The van der Waals surface area contributed by atoms with Gasteiger partial charge in [0.05, 0.1) is 5.56 Å². The first kappa shape index (κ1) is 18.4. The molecule has 6 heteroatoms. The van der Waals surface area contributed by atoms with Crippen molar-refractivity contribution < 1.29 is 14.4 Å². The Morgan fingerprint density at radius 1 is 0.889 bits per heavy atom. The van der Waals surface area contributed by atoms with Crippen molar-refractivity contribution in [1.82, 2.24) is 15.8 Å². The van der Waals surface area contributed by atoms with E-state index in [9.17, 15) is 14.4 Å². The summed E-state index contributed by atoms with van der Waals surface area (Å²) in [5.41, 5.74) is 6.94. The summed E-state index contributed by atoms with van der Waals surface area (Å²) in [7, 11) is 0. The minimum Gasteiger partial charge on any atom is -0.360 e. The fraction of sp³-hybridized carbons (Fsp3) is 0.190. The van der Waals surface area contributed by atoms with E-state index in [2.05, 4.69) is 36.6 Å². The van der Waals surface area contributed by atoms with Crippen LogP contribution in [-0.4, -0.2) is 22.6 Å². The molecule has 0 bridgehead atoms. The smallest absolute Gasteiger partial charge is 0.310 e. The van der Waals surface area contributed by atoms with Crippen molar-refractivity contribution in [3.63, 3.8) is 0 Å². The summed E-state index contributed by atoms with van der Waals surface area (Å²) in [6.07, 6.45) is 1.55. The molecule has 1 aromatic heterocycles. The molecule has 3 aromatic rings. The van der Waals surface area contributed by atoms with Crippen molar-refractivity contribution in [2.24, 2.45) is 0 Å². The van der Waals surface area contributed by atoms with E-state index in [1.54, 1.807) is 24.4 Å². The Kier molecular flexibility index (Phi) is 4.81. The van der Waals surface area contributed by atoms with Crippen LogP contribution in [0, 0.1) is 0 Å². The van der Waals surface area contributed by atoms with Crippen molar-refractivity contribution in [3.8, 4) is 0 Å². The van der Waals surface area contributed by atoms with Gasteiger partial charge in [0.1, 0.15) is 0 Å². The molecular formula is C21H21N3O3. The van der Waals surface area contributed by atoms with Gasteiger partial charge in [0.2, 0.25) is 0 Å². The topological polar surface area (TPSA) is 91.1 Å². The van der Waals surface area contributed by atoms with E-state index in [4.69, 9.17) is 0 Å². The molecule has 0 saturated heterocycles. The number of carbonyl (C=O) groups excluding carboxylic acids is 3. The van der Waals surface area contributed by atoms with Gasteiger partial charge in [-0.3, -0.25) is 25.2 Å². The monoisotopic (exact) mass is 363 g/mol. The molecule has 0 spiro atoms. The highest BCUT2D eigenvalue weighted by Crippen LogP contribution is 2.22. The molecule has 0 aliphatic heterocycles. The number of ketones is 1. The van der Waals surface area contributed by atoms with Gasteiger partial charge >= 0.3 is 5.91 Å². The number of para-hydroxylation sites is 1. The summed E-state index contributed by atoms with van der Waals surface area (Å²) in [5, 5.41) is 0.730. The number of H-pyrrole nitrogens is 1. The van der Waals surface area contributed by atoms with E-state index in [1.807, 2.05) is 30.3 Å². The van der Waals surface area contributed by atoms with Crippen LogP contribution in [0.2, 0.25) is 0 Å². The summed E-state index contributed by atoms with van der Waals surface area (Å²) in [6.45, 7) is 6.20. The zero-order valence-electron chi connectivity index (χ0n) is 15.4. The summed E-state index contributed by atoms with van der Waals surface area (Å²) >= 11 is 0. The number of aromatic amines is 1. The van der Waals surface area contributed by atoms with Gasteiger partial charge in [-0.15, -0.1) is 0 Å². The van der Waals surface area contributed by atoms with E-state index >= 15 is 0 Å². The third kappa shape index (κ3) is 3.89. The second-order valence-electron chi connectivity index (χ2n) is 7.31. The van der Waals surface area contributed by atoms with E-state index in [0.717, 1.165) is 16.5 Å². The highest BCUT2D eigenvalue weighted by molar-refractivity contribution is 6.42. The number of rotatable bonds is 3. The lowest BCUT2D eigenvalue weighted by molar-refractivity contribution is -0.117. The van der Waals surface area contributed by atoms with Gasteiger partial charge in [-0.1, -0.05) is 63.2 Å². The van der Waals surface area contributed by atoms with Crippen LogP contribution >= 0.6 is 0 Å². The number of fused-ring (bicyclic) bond motifs is 1. The van der Waals surface area contributed by atoms with Gasteiger partial charge in [0, 0.05) is 22.7 Å². The molecule has 6 nitrogen and oxygen atoms in total. The zero-order valence-corrected chi connectivity index (χ0v) is 15.4. The molecule has 0 atom stereocenters. The lowest BCUT2D eigenvalue weighted by atomic mass is 9.86. The maximum absolute atomic E-state index is 12.3. The molecule has 2 amide bonds. The Balaban J connectivity index is 1.65. The van der Waals surface area contributed by atoms with Gasteiger partial charge in [-0.2, -0.15) is 0 Å².